The maximum atomic E-state index is 10.6. The van der Waals surface area contributed by atoms with Crippen LogP contribution < -0.4 is 5.32 Å². The molecular formula is C10H15NO2S. The van der Waals surface area contributed by atoms with E-state index in [2.05, 4.69) is 5.32 Å². The van der Waals surface area contributed by atoms with Gasteiger partial charge in [0.1, 0.15) is 0 Å². The molecular weight excluding hydrogens is 198 g/mol. The van der Waals surface area contributed by atoms with Gasteiger partial charge in [0.2, 0.25) is 0 Å². The Bertz CT molecular complexity index is 284. The highest BCUT2D eigenvalue weighted by atomic mass is 32.1. The second-order valence-corrected chi connectivity index (χ2v) is 4.36. The van der Waals surface area contributed by atoms with Crippen molar-refractivity contribution >= 4 is 17.3 Å². The van der Waals surface area contributed by atoms with Gasteiger partial charge in [-0.2, -0.15) is 0 Å². The molecule has 1 rings (SSSR count). The fourth-order valence-corrected chi connectivity index (χ4v) is 1.84. The zero-order chi connectivity index (χ0) is 10.6. The van der Waals surface area contributed by atoms with Crippen LogP contribution in [0.3, 0.4) is 0 Å². The summed E-state index contributed by atoms with van der Waals surface area (Å²) >= 11 is 1.68. The molecule has 14 heavy (non-hydrogen) atoms. The molecule has 2 atom stereocenters. The monoisotopic (exact) mass is 213 g/mol. The molecule has 1 aromatic rings. The Kier molecular flexibility index (Phi) is 4.10. The van der Waals surface area contributed by atoms with Crippen molar-refractivity contribution in [3.05, 3.63) is 22.4 Å². The van der Waals surface area contributed by atoms with Crippen molar-refractivity contribution in [1.29, 1.82) is 0 Å². The molecule has 0 bridgehead atoms. The van der Waals surface area contributed by atoms with E-state index in [1.165, 1.54) is 4.88 Å². The van der Waals surface area contributed by atoms with Crippen LogP contribution in [0, 0.1) is 5.92 Å². The normalized spacial score (nSPS) is 15.0. The first kappa shape index (κ1) is 11.2. The van der Waals surface area contributed by atoms with Gasteiger partial charge in [-0.15, -0.1) is 11.3 Å². The van der Waals surface area contributed by atoms with Crippen LogP contribution >= 0.6 is 11.3 Å². The predicted molar refractivity (Wildman–Crippen MR) is 57.5 cm³/mol. The number of aliphatic carboxylic acids is 1. The third-order valence-electron chi connectivity index (χ3n) is 2.12. The summed E-state index contributed by atoms with van der Waals surface area (Å²) in [6.07, 6.45) is 0. The summed E-state index contributed by atoms with van der Waals surface area (Å²) < 4.78 is 0. The van der Waals surface area contributed by atoms with Gasteiger partial charge in [0.05, 0.1) is 5.92 Å². The van der Waals surface area contributed by atoms with Crippen LogP contribution in [0.1, 0.15) is 24.8 Å². The number of hydrogen-bond acceptors (Lipinski definition) is 3. The minimum atomic E-state index is -0.754. The molecule has 0 aromatic carbocycles. The van der Waals surface area contributed by atoms with E-state index in [4.69, 9.17) is 5.11 Å². The van der Waals surface area contributed by atoms with Crippen LogP contribution in [-0.4, -0.2) is 17.6 Å². The number of hydrogen-bond donors (Lipinski definition) is 2. The lowest BCUT2D eigenvalue weighted by Gasteiger charge is -2.13. The van der Waals surface area contributed by atoms with Gasteiger partial charge in [0.25, 0.3) is 0 Å². The van der Waals surface area contributed by atoms with Gasteiger partial charge in [-0.25, -0.2) is 0 Å². The summed E-state index contributed by atoms with van der Waals surface area (Å²) in [6, 6.07) is 4.28. The highest BCUT2D eigenvalue weighted by molar-refractivity contribution is 7.10. The summed E-state index contributed by atoms with van der Waals surface area (Å²) in [7, 11) is 0. The van der Waals surface area contributed by atoms with Crippen molar-refractivity contribution in [3.8, 4) is 0 Å². The van der Waals surface area contributed by atoms with Crippen LogP contribution in [0.2, 0.25) is 0 Å². The third kappa shape index (κ3) is 3.12. The maximum Gasteiger partial charge on any atom is 0.307 e. The van der Waals surface area contributed by atoms with Crippen molar-refractivity contribution in [2.75, 3.05) is 6.54 Å². The van der Waals surface area contributed by atoms with Crippen LogP contribution in [0.25, 0.3) is 0 Å². The molecule has 1 aromatic heterocycles. The van der Waals surface area contributed by atoms with Crippen molar-refractivity contribution < 1.29 is 9.90 Å². The summed E-state index contributed by atoms with van der Waals surface area (Å²) in [5.74, 6) is -1.09. The van der Waals surface area contributed by atoms with Gasteiger partial charge in [-0.1, -0.05) is 13.0 Å². The zero-order valence-electron chi connectivity index (χ0n) is 8.36. The molecule has 2 N–H and O–H groups in total. The lowest BCUT2D eigenvalue weighted by molar-refractivity contribution is -0.140. The summed E-state index contributed by atoms with van der Waals surface area (Å²) in [5.41, 5.74) is 0. The first-order valence-corrected chi connectivity index (χ1v) is 5.49. The molecule has 0 saturated heterocycles. The van der Waals surface area contributed by atoms with E-state index in [1.54, 1.807) is 18.3 Å². The molecule has 0 aliphatic carbocycles. The molecule has 0 amide bonds. The molecule has 0 aliphatic rings. The number of rotatable bonds is 5. The standard InChI is InChI=1S/C10H15NO2S/c1-7(10(12)13)6-11-8(2)9-4-3-5-14-9/h3-5,7-8,11H,6H2,1-2H3,(H,12,13). The fourth-order valence-electron chi connectivity index (χ4n) is 1.08. The van der Waals surface area contributed by atoms with Gasteiger partial charge in [0, 0.05) is 17.5 Å². The van der Waals surface area contributed by atoms with Crippen LogP contribution in [-0.2, 0) is 4.79 Å². The molecule has 0 fully saturated rings. The van der Waals surface area contributed by atoms with Crippen molar-refractivity contribution in [2.24, 2.45) is 5.92 Å². The van der Waals surface area contributed by atoms with E-state index < -0.39 is 5.97 Å². The van der Waals surface area contributed by atoms with Crippen molar-refractivity contribution in [3.63, 3.8) is 0 Å². The Morgan fingerprint density at radius 2 is 2.36 bits per heavy atom. The van der Waals surface area contributed by atoms with Crippen LogP contribution in [0.5, 0.6) is 0 Å². The van der Waals surface area contributed by atoms with Crippen LogP contribution in [0.15, 0.2) is 17.5 Å². The molecule has 1 heterocycles. The predicted octanol–water partition coefficient (Wildman–Crippen LogP) is 2.12. The van der Waals surface area contributed by atoms with Gasteiger partial charge in [-0.3, -0.25) is 4.79 Å². The number of carboxylic acids is 1. The van der Waals surface area contributed by atoms with Gasteiger partial charge in [-0.05, 0) is 18.4 Å². The third-order valence-corrected chi connectivity index (χ3v) is 3.18. The summed E-state index contributed by atoms with van der Waals surface area (Å²) in [6.45, 7) is 4.26. The quantitative estimate of drug-likeness (QED) is 0.787. The van der Waals surface area contributed by atoms with Gasteiger partial charge < -0.3 is 10.4 Å². The average Bonchev–Trinajstić information content (AvgIpc) is 2.66. The average molecular weight is 213 g/mol. The Labute approximate surface area is 87.8 Å². The molecule has 0 spiro atoms. The highest BCUT2D eigenvalue weighted by Crippen LogP contribution is 2.18. The lowest BCUT2D eigenvalue weighted by atomic mass is 10.1. The molecule has 0 radical (unpaired) electrons. The zero-order valence-corrected chi connectivity index (χ0v) is 9.17. The van der Waals surface area contributed by atoms with Crippen molar-refractivity contribution in [1.82, 2.24) is 5.32 Å². The Morgan fingerprint density at radius 1 is 1.64 bits per heavy atom. The van der Waals surface area contributed by atoms with E-state index >= 15 is 0 Å². The fraction of sp³-hybridized carbons (Fsp3) is 0.500. The molecule has 4 heteroatoms. The van der Waals surface area contributed by atoms with Gasteiger partial charge in [0.15, 0.2) is 0 Å². The minimum Gasteiger partial charge on any atom is -0.481 e. The van der Waals surface area contributed by atoms with Gasteiger partial charge >= 0.3 is 5.97 Å². The van der Waals surface area contributed by atoms with Crippen molar-refractivity contribution in [2.45, 2.75) is 19.9 Å². The lowest BCUT2D eigenvalue weighted by Crippen LogP contribution is -2.28. The number of nitrogens with one attached hydrogen (secondary N) is 1. The smallest absolute Gasteiger partial charge is 0.307 e. The van der Waals surface area contributed by atoms with E-state index in [0.29, 0.717) is 6.54 Å². The Balaban J connectivity index is 2.35. The van der Waals surface area contributed by atoms with E-state index in [-0.39, 0.29) is 12.0 Å². The first-order chi connectivity index (χ1) is 6.61. The molecule has 78 valence electrons. The number of carboxylic acid groups (broad SMARTS) is 1. The Morgan fingerprint density at radius 3 is 2.86 bits per heavy atom. The second kappa shape index (κ2) is 5.12. The number of thiophene rings is 1. The molecule has 0 aliphatic heterocycles. The maximum absolute atomic E-state index is 10.6. The number of carbonyl (C=O) groups is 1. The second-order valence-electron chi connectivity index (χ2n) is 3.38. The summed E-state index contributed by atoms with van der Waals surface area (Å²) in [4.78, 5) is 11.8. The molecule has 2 unspecified atom stereocenters. The highest BCUT2D eigenvalue weighted by Gasteiger charge is 2.12. The minimum absolute atomic E-state index is 0.233. The first-order valence-electron chi connectivity index (χ1n) is 4.61. The van der Waals surface area contributed by atoms with E-state index in [1.807, 2.05) is 24.4 Å². The molecule has 0 saturated carbocycles. The molecule has 3 nitrogen and oxygen atoms in total. The summed E-state index contributed by atoms with van der Waals surface area (Å²) in [5, 5.41) is 13.9. The van der Waals surface area contributed by atoms with E-state index in [0.717, 1.165) is 0 Å². The topological polar surface area (TPSA) is 49.3 Å². The van der Waals surface area contributed by atoms with Crippen LogP contribution in [0.4, 0.5) is 0 Å². The van der Waals surface area contributed by atoms with E-state index in [9.17, 15) is 4.79 Å². The SMILES string of the molecule is CC(CNC(C)c1cccs1)C(=O)O. The largest absolute Gasteiger partial charge is 0.481 e. The Hall–Kier alpha value is -0.870.